The monoisotopic (exact) mass is 456 g/mol. The number of para-hydroxylation sites is 1. The van der Waals surface area contributed by atoms with Crippen LogP contribution < -0.4 is 4.74 Å². The summed E-state index contributed by atoms with van der Waals surface area (Å²) in [5, 5.41) is 0. The van der Waals surface area contributed by atoms with Gasteiger partial charge in [0.2, 0.25) is 5.91 Å². The lowest BCUT2D eigenvalue weighted by Crippen LogP contribution is -2.47. The predicted molar refractivity (Wildman–Crippen MR) is 138 cm³/mol. The van der Waals surface area contributed by atoms with Gasteiger partial charge in [0.1, 0.15) is 11.2 Å². The fourth-order valence-corrected chi connectivity index (χ4v) is 5.43. The molecule has 4 rings (SSSR count). The van der Waals surface area contributed by atoms with Crippen LogP contribution in [0.2, 0.25) is 0 Å². The van der Waals surface area contributed by atoms with Crippen LogP contribution in [-0.4, -0.2) is 56.5 Å². The Balaban J connectivity index is 1.56. The molecular weight excluding hydrogens is 420 g/mol. The zero-order chi connectivity index (χ0) is 24.0. The van der Waals surface area contributed by atoms with Crippen molar-refractivity contribution in [2.45, 2.75) is 30.6 Å². The highest BCUT2D eigenvalue weighted by molar-refractivity contribution is 5.91. The third kappa shape index (κ3) is 4.88. The number of carbonyl (C=O) groups excluding carboxylic acids is 1. The van der Waals surface area contributed by atoms with Crippen LogP contribution in [0.4, 0.5) is 0 Å². The number of methoxy groups -OCH3 is 1. The van der Waals surface area contributed by atoms with Crippen LogP contribution in [0.25, 0.3) is 0 Å². The maximum Gasteiger partial charge on any atom is 0.237 e. The van der Waals surface area contributed by atoms with E-state index in [2.05, 4.69) is 47.4 Å². The average Bonchev–Trinajstić information content (AvgIpc) is 2.90. The molecule has 1 aliphatic heterocycles. The van der Waals surface area contributed by atoms with Crippen molar-refractivity contribution < 1.29 is 9.53 Å². The summed E-state index contributed by atoms with van der Waals surface area (Å²) in [6, 6.07) is 29.0. The van der Waals surface area contributed by atoms with Crippen LogP contribution in [-0.2, 0) is 10.2 Å². The van der Waals surface area contributed by atoms with Gasteiger partial charge >= 0.3 is 0 Å². The molecule has 178 valence electrons. The summed E-state index contributed by atoms with van der Waals surface area (Å²) in [6.45, 7) is 2.93. The molecule has 4 nitrogen and oxygen atoms in total. The Morgan fingerprint density at radius 2 is 1.41 bits per heavy atom. The van der Waals surface area contributed by atoms with E-state index in [1.165, 1.54) is 5.56 Å². The lowest BCUT2D eigenvalue weighted by atomic mass is 9.70. The predicted octanol–water partition coefficient (Wildman–Crippen LogP) is 5.34. The highest BCUT2D eigenvalue weighted by atomic mass is 16.5. The second-order valence-electron chi connectivity index (χ2n) is 9.44. The molecule has 0 bridgehead atoms. The third-order valence-electron chi connectivity index (χ3n) is 7.27. The van der Waals surface area contributed by atoms with Crippen molar-refractivity contribution in [1.29, 1.82) is 0 Å². The van der Waals surface area contributed by atoms with Gasteiger partial charge in [-0.3, -0.25) is 4.79 Å². The molecule has 0 N–H and O–H groups in total. The Labute approximate surface area is 204 Å². The van der Waals surface area contributed by atoms with Gasteiger partial charge in [0.25, 0.3) is 0 Å². The fourth-order valence-electron chi connectivity index (χ4n) is 5.43. The molecule has 0 atom stereocenters. The quantitative estimate of drug-likeness (QED) is 0.459. The van der Waals surface area contributed by atoms with Gasteiger partial charge < -0.3 is 14.5 Å². The molecule has 1 heterocycles. The number of likely N-dealkylation sites (N-methyl/N-ethyl adjacent to an activating group) is 1. The zero-order valence-electron chi connectivity index (χ0n) is 20.6. The van der Waals surface area contributed by atoms with Gasteiger partial charge in [-0.05, 0) is 67.6 Å². The van der Waals surface area contributed by atoms with Crippen LogP contribution in [0.3, 0.4) is 0 Å². The van der Waals surface area contributed by atoms with E-state index >= 15 is 0 Å². The molecule has 3 aromatic carbocycles. The average molecular weight is 457 g/mol. The number of likely N-dealkylation sites (tertiary alicyclic amines) is 1. The lowest BCUT2D eigenvalue weighted by molar-refractivity contribution is -0.133. The molecule has 0 saturated carbocycles. The zero-order valence-corrected chi connectivity index (χ0v) is 20.6. The maximum absolute atomic E-state index is 13.8. The molecule has 34 heavy (non-hydrogen) atoms. The second-order valence-corrected chi connectivity index (χ2v) is 9.44. The number of rotatable bonds is 8. The van der Waals surface area contributed by atoms with Crippen molar-refractivity contribution in [2.24, 2.45) is 0 Å². The standard InChI is InChI=1S/C30H36N2O2/c1-31(2)29(33)30(25-12-6-4-7-13-25,26-14-8-5-9-15-26)20-23-32-21-18-24(19-22-32)27-16-10-11-17-28(27)34-3/h4-17,24H,18-23H2,1-3H3. The Kier molecular flexibility index (Phi) is 7.69. The molecule has 1 fully saturated rings. The highest BCUT2D eigenvalue weighted by Crippen LogP contribution is 2.39. The number of carbonyl (C=O) groups is 1. The van der Waals surface area contributed by atoms with Crippen molar-refractivity contribution in [1.82, 2.24) is 9.80 Å². The van der Waals surface area contributed by atoms with Crippen LogP contribution in [0, 0.1) is 0 Å². The molecule has 1 aliphatic rings. The first-order valence-corrected chi connectivity index (χ1v) is 12.2. The number of hydrogen-bond acceptors (Lipinski definition) is 3. The molecule has 0 radical (unpaired) electrons. The number of hydrogen-bond donors (Lipinski definition) is 0. The van der Waals surface area contributed by atoms with E-state index in [0.29, 0.717) is 5.92 Å². The maximum atomic E-state index is 13.8. The van der Waals surface area contributed by atoms with Gasteiger partial charge in [-0.25, -0.2) is 0 Å². The number of piperidine rings is 1. The van der Waals surface area contributed by atoms with E-state index in [-0.39, 0.29) is 5.91 Å². The molecule has 0 spiro atoms. The topological polar surface area (TPSA) is 32.8 Å². The first-order valence-electron chi connectivity index (χ1n) is 12.2. The van der Waals surface area contributed by atoms with Gasteiger partial charge in [0, 0.05) is 14.1 Å². The van der Waals surface area contributed by atoms with Crippen molar-refractivity contribution in [2.75, 3.05) is 40.8 Å². The van der Waals surface area contributed by atoms with Gasteiger partial charge in [-0.15, -0.1) is 0 Å². The molecule has 3 aromatic rings. The molecular formula is C30H36N2O2. The number of ether oxygens (including phenoxy) is 1. The van der Waals surface area contributed by atoms with Gasteiger partial charge in [-0.1, -0.05) is 78.9 Å². The van der Waals surface area contributed by atoms with Gasteiger partial charge in [-0.2, -0.15) is 0 Å². The Morgan fingerprint density at radius 3 is 1.94 bits per heavy atom. The summed E-state index contributed by atoms with van der Waals surface area (Å²) in [5.74, 6) is 1.64. The molecule has 0 aromatic heterocycles. The minimum atomic E-state index is -0.703. The van der Waals surface area contributed by atoms with Crippen molar-refractivity contribution in [3.8, 4) is 5.75 Å². The van der Waals surface area contributed by atoms with Crippen molar-refractivity contribution >= 4 is 5.91 Å². The smallest absolute Gasteiger partial charge is 0.237 e. The first-order chi connectivity index (χ1) is 16.6. The Bertz CT molecular complexity index is 1020. The minimum absolute atomic E-state index is 0.133. The van der Waals surface area contributed by atoms with Gasteiger partial charge in [0.15, 0.2) is 0 Å². The Hall–Kier alpha value is -3.11. The van der Waals surface area contributed by atoms with Crippen molar-refractivity contribution in [3.05, 3.63) is 102 Å². The summed E-state index contributed by atoms with van der Waals surface area (Å²) in [5.41, 5.74) is 2.73. The highest BCUT2D eigenvalue weighted by Gasteiger charge is 2.43. The van der Waals surface area contributed by atoms with E-state index in [4.69, 9.17) is 4.74 Å². The number of nitrogens with zero attached hydrogens (tertiary/aromatic N) is 2. The van der Waals surface area contributed by atoms with Crippen LogP contribution >= 0.6 is 0 Å². The summed E-state index contributed by atoms with van der Waals surface area (Å²) in [4.78, 5) is 18.1. The van der Waals surface area contributed by atoms with Crippen molar-refractivity contribution in [3.63, 3.8) is 0 Å². The van der Waals surface area contributed by atoms with E-state index in [0.717, 1.165) is 55.8 Å². The molecule has 0 unspecified atom stereocenters. The second kappa shape index (κ2) is 10.9. The van der Waals surface area contributed by atoms with E-state index in [1.807, 2.05) is 56.6 Å². The van der Waals surface area contributed by atoms with E-state index in [1.54, 1.807) is 12.0 Å². The third-order valence-corrected chi connectivity index (χ3v) is 7.27. The van der Waals surface area contributed by atoms with Crippen LogP contribution in [0.15, 0.2) is 84.9 Å². The molecule has 1 saturated heterocycles. The SMILES string of the molecule is COc1ccccc1C1CCN(CCC(C(=O)N(C)C)(c2ccccc2)c2ccccc2)CC1. The Morgan fingerprint density at radius 1 is 0.882 bits per heavy atom. The van der Waals surface area contributed by atoms with E-state index < -0.39 is 5.41 Å². The number of amides is 1. The summed E-state index contributed by atoms with van der Waals surface area (Å²) in [7, 11) is 5.48. The van der Waals surface area contributed by atoms with Crippen LogP contribution in [0.1, 0.15) is 41.9 Å². The summed E-state index contributed by atoms with van der Waals surface area (Å²) >= 11 is 0. The number of benzene rings is 3. The normalized spacial score (nSPS) is 15.1. The molecule has 4 heteroatoms. The van der Waals surface area contributed by atoms with Gasteiger partial charge in [0.05, 0.1) is 7.11 Å². The molecule has 1 amide bonds. The van der Waals surface area contributed by atoms with Crippen LogP contribution in [0.5, 0.6) is 5.75 Å². The first kappa shape index (κ1) is 24.0. The largest absolute Gasteiger partial charge is 0.496 e. The summed E-state index contributed by atoms with van der Waals surface area (Å²) < 4.78 is 5.61. The minimum Gasteiger partial charge on any atom is -0.496 e. The van der Waals surface area contributed by atoms with E-state index in [9.17, 15) is 4.79 Å². The summed E-state index contributed by atoms with van der Waals surface area (Å²) in [6.07, 6.45) is 2.95. The molecule has 0 aliphatic carbocycles. The lowest BCUT2D eigenvalue weighted by Gasteiger charge is -2.39. The fraction of sp³-hybridized carbons (Fsp3) is 0.367.